The zero-order valence-electron chi connectivity index (χ0n) is 21.3. The van der Waals surface area contributed by atoms with Crippen molar-refractivity contribution in [3.05, 3.63) is 108 Å². The topological polar surface area (TPSA) is 25.8 Å². The summed E-state index contributed by atoms with van der Waals surface area (Å²) in [6.07, 6.45) is 0. The summed E-state index contributed by atoms with van der Waals surface area (Å²) in [5, 5.41) is 4.89. The quantitative estimate of drug-likeness (QED) is 0.258. The average molecular weight is 467 g/mol. The van der Waals surface area contributed by atoms with Crippen molar-refractivity contribution in [3.8, 4) is 22.3 Å². The van der Waals surface area contributed by atoms with Gasteiger partial charge in [-0.2, -0.15) is 0 Å². The minimum atomic E-state index is 0.348. The third-order valence-corrected chi connectivity index (χ3v) is 7.14. The van der Waals surface area contributed by atoms with E-state index in [9.17, 15) is 0 Å². The SMILES string of the molecule is CC(C)c1cc(-c2cccc3cccc(-c4cc(C(C)C)nc5ccccc45)c23)c2ccccc2n1. The number of fused-ring (bicyclic) bond motifs is 3. The molecule has 0 atom stereocenters. The molecule has 0 spiro atoms. The summed E-state index contributed by atoms with van der Waals surface area (Å²) >= 11 is 0. The van der Waals surface area contributed by atoms with Crippen LogP contribution in [0.4, 0.5) is 0 Å². The molecule has 4 aromatic carbocycles. The first-order valence-corrected chi connectivity index (χ1v) is 12.8. The van der Waals surface area contributed by atoms with Gasteiger partial charge in [-0.25, -0.2) is 0 Å². The van der Waals surface area contributed by atoms with Crippen LogP contribution >= 0.6 is 0 Å². The minimum absolute atomic E-state index is 0.348. The summed E-state index contributed by atoms with van der Waals surface area (Å²) in [6, 6.07) is 35.0. The number of benzene rings is 4. The van der Waals surface area contributed by atoms with Gasteiger partial charge in [0.2, 0.25) is 0 Å². The second-order valence-corrected chi connectivity index (χ2v) is 10.2. The van der Waals surface area contributed by atoms with Gasteiger partial charge in [-0.3, -0.25) is 9.97 Å². The van der Waals surface area contributed by atoms with E-state index in [1.54, 1.807) is 0 Å². The molecule has 0 saturated heterocycles. The molecule has 6 rings (SSSR count). The maximum Gasteiger partial charge on any atom is 0.0711 e. The third kappa shape index (κ3) is 3.74. The van der Waals surface area contributed by atoms with Gasteiger partial charge < -0.3 is 0 Å². The monoisotopic (exact) mass is 466 g/mol. The van der Waals surface area contributed by atoms with Crippen LogP contribution in [0.15, 0.2) is 97.1 Å². The molecule has 0 amide bonds. The lowest BCUT2D eigenvalue weighted by atomic mass is 9.88. The highest BCUT2D eigenvalue weighted by Gasteiger charge is 2.17. The largest absolute Gasteiger partial charge is 0.253 e. The Morgan fingerprint density at radius 3 is 1.36 bits per heavy atom. The van der Waals surface area contributed by atoms with Crippen LogP contribution in [-0.4, -0.2) is 9.97 Å². The van der Waals surface area contributed by atoms with Crippen LogP contribution in [0.25, 0.3) is 54.8 Å². The van der Waals surface area contributed by atoms with Crippen molar-refractivity contribution in [1.29, 1.82) is 0 Å². The van der Waals surface area contributed by atoms with Crippen molar-refractivity contribution in [2.24, 2.45) is 0 Å². The second kappa shape index (κ2) is 8.87. The smallest absolute Gasteiger partial charge is 0.0711 e. The van der Waals surface area contributed by atoms with Gasteiger partial charge in [-0.15, -0.1) is 0 Å². The molecule has 0 fully saturated rings. The Morgan fingerprint density at radius 1 is 0.472 bits per heavy atom. The number of pyridine rings is 2. The maximum absolute atomic E-state index is 4.99. The molecule has 2 aromatic heterocycles. The Labute approximate surface area is 212 Å². The summed E-state index contributed by atoms with van der Waals surface area (Å²) in [5.74, 6) is 0.695. The molecule has 0 N–H and O–H groups in total. The molecule has 0 radical (unpaired) electrons. The Bertz CT molecular complexity index is 1620. The Hall–Kier alpha value is -4.04. The molecule has 0 bridgehead atoms. The number of nitrogens with zero attached hydrogens (tertiary/aromatic N) is 2. The lowest BCUT2D eigenvalue weighted by molar-refractivity contribution is 0.830. The fourth-order valence-corrected chi connectivity index (χ4v) is 5.22. The van der Waals surface area contributed by atoms with Crippen LogP contribution in [0.2, 0.25) is 0 Å². The van der Waals surface area contributed by atoms with Gasteiger partial charge in [-0.1, -0.05) is 100 Å². The van der Waals surface area contributed by atoms with Crippen LogP contribution in [0.5, 0.6) is 0 Å². The lowest BCUT2D eigenvalue weighted by Crippen LogP contribution is -1.97. The molecule has 0 aliphatic heterocycles. The van der Waals surface area contributed by atoms with Gasteiger partial charge in [0.1, 0.15) is 0 Å². The van der Waals surface area contributed by atoms with E-state index in [0.717, 1.165) is 22.4 Å². The van der Waals surface area contributed by atoms with Gasteiger partial charge in [0, 0.05) is 22.2 Å². The van der Waals surface area contributed by atoms with Gasteiger partial charge in [0.05, 0.1) is 11.0 Å². The van der Waals surface area contributed by atoms with Gasteiger partial charge in [0.25, 0.3) is 0 Å². The normalized spacial score (nSPS) is 11.8. The Kier molecular flexibility index (Phi) is 5.53. The maximum atomic E-state index is 4.99. The van der Waals surface area contributed by atoms with Crippen LogP contribution in [0.3, 0.4) is 0 Å². The highest BCUT2D eigenvalue weighted by atomic mass is 14.7. The van der Waals surface area contributed by atoms with Crippen molar-refractivity contribution >= 4 is 32.6 Å². The van der Waals surface area contributed by atoms with Crippen molar-refractivity contribution in [2.75, 3.05) is 0 Å². The van der Waals surface area contributed by atoms with Gasteiger partial charge >= 0.3 is 0 Å². The fraction of sp³-hybridized carbons (Fsp3) is 0.176. The summed E-state index contributed by atoms with van der Waals surface area (Å²) in [5.41, 5.74) is 9.30. The molecular weight excluding hydrogens is 436 g/mol. The minimum Gasteiger partial charge on any atom is -0.253 e. The number of hydrogen-bond donors (Lipinski definition) is 0. The molecule has 6 aromatic rings. The molecular formula is C34H30N2. The average Bonchev–Trinajstić information content (AvgIpc) is 2.91. The lowest BCUT2D eigenvalue weighted by Gasteiger charge is -2.18. The molecule has 0 aliphatic rings. The van der Waals surface area contributed by atoms with Crippen molar-refractivity contribution in [2.45, 2.75) is 39.5 Å². The van der Waals surface area contributed by atoms with Crippen molar-refractivity contribution < 1.29 is 0 Å². The third-order valence-electron chi connectivity index (χ3n) is 7.14. The van der Waals surface area contributed by atoms with Gasteiger partial charge in [-0.05, 0) is 69.1 Å². The van der Waals surface area contributed by atoms with E-state index in [0.29, 0.717) is 11.8 Å². The number of aromatic nitrogens is 2. The predicted molar refractivity (Wildman–Crippen MR) is 154 cm³/mol. The summed E-state index contributed by atoms with van der Waals surface area (Å²) in [4.78, 5) is 9.97. The van der Waals surface area contributed by atoms with Crippen LogP contribution in [0, 0.1) is 0 Å². The Morgan fingerprint density at radius 2 is 0.917 bits per heavy atom. The molecule has 0 aliphatic carbocycles. The fourth-order valence-electron chi connectivity index (χ4n) is 5.22. The van der Waals surface area contributed by atoms with E-state index in [1.807, 2.05) is 0 Å². The van der Waals surface area contributed by atoms with E-state index >= 15 is 0 Å². The molecule has 2 heterocycles. The predicted octanol–water partition coefficient (Wildman–Crippen LogP) is 9.52. The zero-order valence-corrected chi connectivity index (χ0v) is 21.3. The second-order valence-electron chi connectivity index (χ2n) is 10.2. The molecule has 36 heavy (non-hydrogen) atoms. The summed E-state index contributed by atoms with van der Waals surface area (Å²) < 4.78 is 0. The van der Waals surface area contributed by atoms with Crippen LogP contribution in [0.1, 0.15) is 50.9 Å². The number of para-hydroxylation sites is 2. The van der Waals surface area contributed by atoms with E-state index in [4.69, 9.17) is 9.97 Å². The Balaban J connectivity index is 1.74. The van der Waals surface area contributed by atoms with Crippen LogP contribution < -0.4 is 0 Å². The zero-order chi connectivity index (χ0) is 24.8. The summed E-state index contributed by atoms with van der Waals surface area (Å²) in [6.45, 7) is 8.86. The van der Waals surface area contributed by atoms with E-state index < -0.39 is 0 Å². The molecule has 176 valence electrons. The van der Waals surface area contributed by atoms with Crippen LogP contribution in [-0.2, 0) is 0 Å². The highest BCUT2D eigenvalue weighted by molar-refractivity contribution is 6.13. The van der Waals surface area contributed by atoms with E-state index in [2.05, 4.69) is 125 Å². The van der Waals surface area contributed by atoms with Crippen molar-refractivity contribution in [3.63, 3.8) is 0 Å². The van der Waals surface area contributed by atoms with Crippen molar-refractivity contribution in [1.82, 2.24) is 9.97 Å². The first-order chi connectivity index (χ1) is 17.5. The number of rotatable bonds is 4. The van der Waals surface area contributed by atoms with Gasteiger partial charge in [0.15, 0.2) is 0 Å². The number of hydrogen-bond acceptors (Lipinski definition) is 2. The van der Waals surface area contributed by atoms with E-state index in [-0.39, 0.29) is 0 Å². The highest BCUT2D eigenvalue weighted by Crippen LogP contribution is 2.42. The first kappa shape index (κ1) is 22.4. The molecule has 0 saturated carbocycles. The van der Waals surface area contributed by atoms with E-state index in [1.165, 1.54) is 43.8 Å². The molecule has 2 nitrogen and oxygen atoms in total. The molecule has 2 heteroatoms. The summed E-state index contributed by atoms with van der Waals surface area (Å²) in [7, 11) is 0. The first-order valence-electron chi connectivity index (χ1n) is 12.8. The standard InChI is InChI=1S/C34H30N2/c1-21(2)32-19-28(24-13-5-7-17-30(24)35-32)26-15-9-11-23-12-10-16-27(34(23)26)29-20-33(22(3)4)36-31-18-8-6-14-25(29)31/h5-22H,1-4H3. The molecule has 0 unspecified atom stereocenters.